The summed E-state index contributed by atoms with van der Waals surface area (Å²) in [5.41, 5.74) is 0.761. The Morgan fingerprint density at radius 1 is 1.08 bits per heavy atom. The van der Waals surface area contributed by atoms with E-state index in [9.17, 15) is 0 Å². The van der Waals surface area contributed by atoms with Gasteiger partial charge in [-0.15, -0.1) is 0 Å². The highest BCUT2D eigenvalue weighted by molar-refractivity contribution is 5.40. The standard InChI is InChI=1S/C20H26N2O4/c1-14(2)25-16-8-4-5-9-17(16)26-20(18-13-21-11-12-24-18)15-7-6-10-19(22-15)23-3/h4-10,14,18,20-21H,11-13H2,1-3H3/t18-,20?/m0/s1. The Balaban J connectivity index is 1.91. The lowest BCUT2D eigenvalue weighted by molar-refractivity contribution is -0.0456. The maximum atomic E-state index is 6.36. The maximum absolute atomic E-state index is 6.36. The predicted molar refractivity (Wildman–Crippen MR) is 99.0 cm³/mol. The number of morpholine rings is 1. The van der Waals surface area contributed by atoms with E-state index in [4.69, 9.17) is 18.9 Å². The Hall–Kier alpha value is -2.31. The van der Waals surface area contributed by atoms with Crippen molar-refractivity contribution in [3.63, 3.8) is 0 Å². The first-order valence-electron chi connectivity index (χ1n) is 8.93. The average Bonchev–Trinajstić information content (AvgIpc) is 2.67. The minimum Gasteiger partial charge on any atom is -0.487 e. The molecule has 1 aliphatic rings. The SMILES string of the molecule is COc1cccc(C(Oc2ccccc2OC(C)C)[C@@H]2CNCCO2)n1. The second-order valence-electron chi connectivity index (χ2n) is 6.37. The van der Waals surface area contributed by atoms with Crippen LogP contribution in [0.2, 0.25) is 0 Å². The first kappa shape index (κ1) is 18.5. The highest BCUT2D eigenvalue weighted by atomic mass is 16.6. The highest BCUT2D eigenvalue weighted by Gasteiger charge is 2.30. The van der Waals surface area contributed by atoms with Crippen LogP contribution in [0.3, 0.4) is 0 Å². The van der Waals surface area contributed by atoms with E-state index < -0.39 is 0 Å². The van der Waals surface area contributed by atoms with Crippen molar-refractivity contribution in [3.8, 4) is 17.4 Å². The second-order valence-corrected chi connectivity index (χ2v) is 6.37. The number of hydrogen-bond acceptors (Lipinski definition) is 6. The van der Waals surface area contributed by atoms with Crippen LogP contribution >= 0.6 is 0 Å². The molecule has 0 aliphatic carbocycles. The Morgan fingerprint density at radius 3 is 2.50 bits per heavy atom. The van der Waals surface area contributed by atoms with Gasteiger partial charge in [0.15, 0.2) is 17.6 Å². The number of pyridine rings is 1. The van der Waals surface area contributed by atoms with E-state index in [0.717, 1.165) is 12.2 Å². The minimum absolute atomic E-state index is 0.0562. The fourth-order valence-corrected chi connectivity index (χ4v) is 2.85. The highest BCUT2D eigenvalue weighted by Crippen LogP contribution is 2.34. The summed E-state index contributed by atoms with van der Waals surface area (Å²) in [5, 5.41) is 3.35. The Morgan fingerprint density at radius 2 is 1.85 bits per heavy atom. The second kappa shape index (κ2) is 8.87. The Kier molecular flexibility index (Phi) is 6.30. The minimum atomic E-state index is -0.380. The van der Waals surface area contributed by atoms with Crippen molar-refractivity contribution < 1.29 is 18.9 Å². The molecule has 1 aliphatic heterocycles. The summed E-state index contributed by atoms with van der Waals surface area (Å²) >= 11 is 0. The number of hydrogen-bond donors (Lipinski definition) is 1. The van der Waals surface area contributed by atoms with Gasteiger partial charge in [0.1, 0.15) is 6.10 Å². The molecule has 0 amide bonds. The number of nitrogens with one attached hydrogen (secondary N) is 1. The lowest BCUT2D eigenvalue weighted by Gasteiger charge is -2.31. The molecule has 0 saturated carbocycles. The molecule has 3 rings (SSSR count). The topological polar surface area (TPSA) is 61.8 Å². The van der Waals surface area contributed by atoms with Crippen LogP contribution in [0.1, 0.15) is 25.6 Å². The van der Waals surface area contributed by atoms with Crippen LogP contribution in [0.4, 0.5) is 0 Å². The van der Waals surface area contributed by atoms with Gasteiger partial charge >= 0.3 is 0 Å². The Bertz CT molecular complexity index is 702. The summed E-state index contributed by atoms with van der Waals surface area (Å²) in [6, 6.07) is 13.3. The lowest BCUT2D eigenvalue weighted by Crippen LogP contribution is -2.43. The quantitative estimate of drug-likeness (QED) is 0.821. The molecule has 2 aromatic rings. The molecule has 26 heavy (non-hydrogen) atoms. The molecule has 1 N–H and O–H groups in total. The van der Waals surface area contributed by atoms with Gasteiger partial charge in [0, 0.05) is 19.2 Å². The van der Waals surface area contributed by atoms with Gasteiger partial charge in [-0.25, -0.2) is 4.98 Å². The molecule has 1 aromatic heterocycles. The summed E-state index contributed by atoms with van der Waals surface area (Å²) in [6.07, 6.45) is -0.481. The fraction of sp³-hybridized carbons (Fsp3) is 0.450. The first-order chi connectivity index (χ1) is 12.7. The van der Waals surface area contributed by atoms with Crippen LogP contribution in [0.25, 0.3) is 0 Å². The summed E-state index contributed by atoms with van der Waals surface area (Å²) in [7, 11) is 1.60. The van der Waals surface area contributed by atoms with Crippen molar-refractivity contribution in [2.45, 2.75) is 32.2 Å². The number of aromatic nitrogens is 1. The molecule has 2 heterocycles. The monoisotopic (exact) mass is 358 g/mol. The number of methoxy groups -OCH3 is 1. The third-order valence-corrected chi connectivity index (χ3v) is 4.01. The van der Waals surface area contributed by atoms with Gasteiger partial charge in [0.05, 0.1) is 25.5 Å². The molecule has 6 heteroatoms. The van der Waals surface area contributed by atoms with Crippen molar-refractivity contribution in [2.24, 2.45) is 0 Å². The van der Waals surface area contributed by atoms with Gasteiger partial charge in [-0.2, -0.15) is 0 Å². The van der Waals surface area contributed by atoms with Crippen molar-refractivity contribution in [3.05, 3.63) is 48.2 Å². The zero-order valence-electron chi connectivity index (χ0n) is 15.5. The van der Waals surface area contributed by atoms with Gasteiger partial charge in [0.25, 0.3) is 0 Å². The van der Waals surface area contributed by atoms with E-state index in [1.165, 1.54) is 0 Å². The molecule has 140 valence electrons. The maximum Gasteiger partial charge on any atom is 0.213 e. The summed E-state index contributed by atoms with van der Waals surface area (Å²) in [6.45, 7) is 6.15. The zero-order chi connectivity index (χ0) is 18.4. The van der Waals surface area contributed by atoms with E-state index in [0.29, 0.717) is 30.5 Å². The van der Waals surface area contributed by atoms with Gasteiger partial charge in [-0.1, -0.05) is 18.2 Å². The summed E-state index contributed by atoms with van der Waals surface area (Å²) in [5.74, 6) is 1.93. The number of ether oxygens (including phenoxy) is 4. The van der Waals surface area contributed by atoms with Gasteiger partial charge in [0.2, 0.25) is 5.88 Å². The van der Waals surface area contributed by atoms with Crippen molar-refractivity contribution >= 4 is 0 Å². The molecule has 6 nitrogen and oxygen atoms in total. The van der Waals surface area contributed by atoms with Crippen LogP contribution < -0.4 is 19.5 Å². The van der Waals surface area contributed by atoms with Gasteiger partial charge < -0.3 is 24.3 Å². The predicted octanol–water partition coefficient (Wildman–Crippen LogP) is 2.99. The zero-order valence-corrected chi connectivity index (χ0v) is 15.5. The molecule has 1 aromatic carbocycles. The first-order valence-corrected chi connectivity index (χ1v) is 8.93. The normalized spacial score (nSPS) is 18.4. The number of rotatable bonds is 7. The van der Waals surface area contributed by atoms with Crippen molar-refractivity contribution in [2.75, 3.05) is 26.8 Å². The third kappa shape index (κ3) is 4.65. The van der Waals surface area contributed by atoms with E-state index in [-0.39, 0.29) is 18.3 Å². The molecule has 2 atom stereocenters. The molecule has 0 spiro atoms. The van der Waals surface area contributed by atoms with E-state index >= 15 is 0 Å². The molecule has 1 saturated heterocycles. The van der Waals surface area contributed by atoms with Gasteiger partial charge in [-0.05, 0) is 32.0 Å². The van der Waals surface area contributed by atoms with Crippen LogP contribution in [-0.4, -0.2) is 44.0 Å². The van der Waals surface area contributed by atoms with E-state index in [1.807, 2.05) is 56.3 Å². The molecule has 0 radical (unpaired) electrons. The molecule has 0 bridgehead atoms. The van der Waals surface area contributed by atoms with Crippen LogP contribution in [0, 0.1) is 0 Å². The molecule has 1 fully saturated rings. The lowest BCUT2D eigenvalue weighted by atomic mass is 10.1. The van der Waals surface area contributed by atoms with Gasteiger partial charge in [-0.3, -0.25) is 0 Å². The third-order valence-electron chi connectivity index (χ3n) is 4.01. The van der Waals surface area contributed by atoms with Crippen LogP contribution in [-0.2, 0) is 4.74 Å². The molecular formula is C20H26N2O4. The van der Waals surface area contributed by atoms with E-state index in [2.05, 4.69) is 10.3 Å². The number of nitrogens with zero attached hydrogens (tertiary/aromatic N) is 1. The number of para-hydroxylation sites is 2. The largest absolute Gasteiger partial charge is 0.487 e. The van der Waals surface area contributed by atoms with Crippen LogP contribution in [0.15, 0.2) is 42.5 Å². The summed E-state index contributed by atoms with van der Waals surface area (Å²) < 4.78 is 23.5. The van der Waals surface area contributed by atoms with E-state index in [1.54, 1.807) is 7.11 Å². The molecular weight excluding hydrogens is 332 g/mol. The Labute approximate surface area is 154 Å². The number of benzene rings is 1. The fourth-order valence-electron chi connectivity index (χ4n) is 2.85. The molecule has 1 unspecified atom stereocenters. The van der Waals surface area contributed by atoms with Crippen molar-refractivity contribution in [1.82, 2.24) is 10.3 Å². The average molecular weight is 358 g/mol. The van der Waals surface area contributed by atoms with Crippen LogP contribution in [0.5, 0.6) is 17.4 Å². The van der Waals surface area contributed by atoms with Crippen molar-refractivity contribution in [1.29, 1.82) is 0 Å². The smallest absolute Gasteiger partial charge is 0.213 e. The summed E-state index contributed by atoms with van der Waals surface area (Å²) in [4.78, 5) is 4.56.